The van der Waals surface area contributed by atoms with Gasteiger partial charge >= 0.3 is 0 Å². The molecule has 0 bridgehead atoms. The maximum Gasteiger partial charge on any atom is 0.243 e. The largest absolute Gasteiger partial charge is 0.391 e. The minimum absolute atomic E-state index is 0.227. The number of aliphatic hydroxyl groups excluding tert-OH is 1. The normalized spacial score (nSPS) is 31.2. The molecule has 5 heteroatoms. The van der Waals surface area contributed by atoms with Crippen molar-refractivity contribution in [2.45, 2.75) is 49.6 Å². The van der Waals surface area contributed by atoms with Gasteiger partial charge in [-0.05, 0) is 50.7 Å². The first-order chi connectivity index (χ1) is 9.50. The van der Waals surface area contributed by atoms with Crippen molar-refractivity contribution in [1.82, 2.24) is 4.31 Å². The maximum atomic E-state index is 12.8. The standard InChI is InChI=1S/C15H21NO3S/c1-11-4-7-13(8-5-11)20(18,19)16-10-2-3-12-6-9-14(17)15(12)16/h4-5,7-8,12,14-15,17H,2-3,6,9-10H2,1H3/t12-,14?,15-/m1/s1. The highest BCUT2D eigenvalue weighted by Crippen LogP contribution is 2.39. The molecule has 1 heterocycles. The topological polar surface area (TPSA) is 57.6 Å². The average molecular weight is 295 g/mol. The van der Waals surface area contributed by atoms with Crippen LogP contribution in [0.3, 0.4) is 0 Å². The summed E-state index contributed by atoms with van der Waals surface area (Å²) in [6.07, 6.45) is 3.06. The quantitative estimate of drug-likeness (QED) is 0.907. The molecule has 3 rings (SSSR count). The van der Waals surface area contributed by atoms with Crippen LogP contribution in [0.5, 0.6) is 0 Å². The fourth-order valence-electron chi connectivity index (χ4n) is 3.57. The summed E-state index contributed by atoms with van der Waals surface area (Å²) in [7, 11) is -3.49. The highest BCUT2D eigenvalue weighted by atomic mass is 32.2. The zero-order chi connectivity index (χ0) is 14.3. The van der Waals surface area contributed by atoms with Crippen LogP contribution in [0.2, 0.25) is 0 Å². The zero-order valence-electron chi connectivity index (χ0n) is 11.7. The van der Waals surface area contributed by atoms with E-state index in [1.807, 2.05) is 19.1 Å². The molecule has 1 aromatic carbocycles. The van der Waals surface area contributed by atoms with Crippen LogP contribution in [0.15, 0.2) is 29.2 Å². The van der Waals surface area contributed by atoms with E-state index in [-0.39, 0.29) is 6.04 Å². The molecular weight excluding hydrogens is 274 g/mol. The Kier molecular flexibility index (Phi) is 3.60. The lowest BCUT2D eigenvalue weighted by Gasteiger charge is -2.38. The lowest BCUT2D eigenvalue weighted by atomic mass is 9.93. The number of nitrogens with zero attached hydrogens (tertiary/aromatic N) is 1. The molecule has 1 aliphatic heterocycles. The van der Waals surface area contributed by atoms with E-state index in [1.165, 1.54) is 0 Å². The van der Waals surface area contributed by atoms with Gasteiger partial charge < -0.3 is 5.11 Å². The van der Waals surface area contributed by atoms with Gasteiger partial charge in [0, 0.05) is 6.54 Å². The number of rotatable bonds is 2. The van der Waals surface area contributed by atoms with E-state index in [9.17, 15) is 13.5 Å². The molecule has 0 spiro atoms. The van der Waals surface area contributed by atoms with Crippen molar-refractivity contribution >= 4 is 10.0 Å². The molecule has 20 heavy (non-hydrogen) atoms. The van der Waals surface area contributed by atoms with Crippen LogP contribution in [-0.4, -0.2) is 36.5 Å². The molecular formula is C15H21NO3S. The van der Waals surface area contributed by atoms with Gasteiger partial charge in [0.1, 0.15) is 0 Å². The zero-order valence-corrected chi connectivity index (χ0v) is 12.5. The number of hydrogen-bond donors (Lipinski definition) is 1. The first kappa shape index (κ1) is 14.0. The molecule has 1 unspecified atom stereocenters. The van der Waals surface area contributed by atoms with Crippen molar-refractivity contribution in [2.24, 2.45) is 5.92 Å². The van der Waals surface area contributed by atoms with Crippen LogP contribution < -0.4 is 0 Å². The molecule has 0 amide bonds. The van der Waals surface area contributed by atoms with Crippen molar-refractivity contribution in [3.05, 3.63) is 29.8 Å². The van der Waals surface area contributed by atoms with Crippen molar-refractivity contribution in [2.75, 3.05) is 6.54 Å². The van der Waals surface area contributed by atoms with Gasteiger partial charge in [0.2, 0.25) is 10.0 Å². The van der Waals surface area contributed by atoms with E-state index in [0.29, 0.717) is 17.4 Å². The molecule has 1 aromatic rings. The van der Waals surface area contributed by atoms with E-state index in [1.54, 1.807) is 16.4 Å². The molecule has 0 radical (unpaired) electrons. The summed E-state index contributed by atoms with van der Waals surface area (Å²) in [5.41, 5.74) is 1.04. The Morgan fingerprint density at radius 2 is 1.85 bits per heavy atom. The van der Waals surface area contributed by atoms with Gasteiger partial charge in [-0.15, -0.1) is 0 Å². The summed E-state index contributed by atoms with van der Waals surface area (Å²) < 4.78 is 27.1. The Bertz CT molecular complexity index is 580. The van der Waals surface area contributed by atoms with Gasteiger partial charge in [-0.3, -0.25) is 0 Å². The number of sulfonamides is 1. The third-order valence-corrected chi connectivity index (χ3v) is 6.54. The molecule has 1 saturated carbocycles. The highest BCUT2D eigenvalue weighted by Gasteiger charge is 2.46. The first-order valence-corrected chi connectivity index (χ1v) is 8.71. The number of hydrogen-bond acceptors (Lipinski definition) is 3. The summed E-state index contributed by atoms with van der Waals surface area (Å²) in [5, 5.41) is 10.1. The van der Waals surface area contributed by atoms with Crippen molar-refractivity contribution in [3.63, 3.8) is 0 Å². The third-order valence-electron chi connectivity index (χ3n) is 4.62. The van der Waals surface area contributed by atoms with E-state index >= 15 is 0 Å². The highest BCUT2D eigenvalue weighted by molar-refractivity contribution is 7.89. The summed E-state index contributed by atoms with van der Waals surface area (Å²) in [6, 6.07) is 6.74. The number of fused-ring (bicyclic) bond motifs is 1. The molecule has 1 N–H and O–H groups in total. The van der Waals surface area contributed by atoms with Crippen LogP contribution in [-0.2, 0) is 10.0 Å². The Labute approximate surface area is 120 Å². The smallest absolute Gasteiger partial charge is 0.243 e. The van der Waals surface area contributed by atoms with Gasteiger partial charge in [0.25, 0.3) is 0 Å². The Morgan fingerprint density at radius 1 is 1.15 bits per heavy atom. The van der Waals surface area contributed by atoms with Gasteiger partial charge in [0.05, 0.1) is 17.0 Å². The number of aliphatic hydroxyl groups is 1. The minimum Gasteiger partial charge on any atom is -0.391 e. The van der Waals surface area contributed by atoms with Gasteiger partial charge in [0.15, 0.2) is 0 Å². The fraction of sp³-hybridized carbons (Fsp3) is 0.600. The van der Waals surface area contributed by atoms with E-state index in [2.05, 4.69) is 0 Å². The molecule has 110 valence electrons. The van der Waals surface area contributed by atoms with Crippen molar-refractivity contribution in [1.29, 1.82) is 0 Å². The number of benzene rings is 1. The van der Waals surface area contributed by atoms with E-state index < -0.39 is 16.1 Å². The monoisotopic (exact) mass is 295 g/mol. The Morgan fingerprint density at radius 3 is 2.55 bits per heavy atom. The van der Waals surface area contributed by atoms with Crippen LogP contribution in [0.1, 0.15) is 31.2 Å². The Hall–Kier alpha value is -0.910. The summed E-state index contributed by atoms with van der Waals surface area (Å²) >= 11 is 0. The molecule has 2 aliphatic rings. The number of aryl methyl sites for hydroxylation is 1. The first-order valence-electron chi connectivity index (χ1n) is 7.27. The van der Waals surface area contributed by atoms with Crippen LogP contribution in [0.25, 0.3) is 0 Å². The SMILES string of the molecule is Cc1ccc(S(=O)(=O)N2CCC[C@@H]3CCC(O)[C@@H]32)cc1. The summed E-state index contributed by atoms with van der Waals surface area (Å²) in [6.45, 7) is 2.46. The van der Waals surface area contributed by atoms with Crippen LogP contribution >= 0.6 is 0 Å². The van der Waals surface area contributed by atoms with E-state index in [4.69, 9.17) is 0 Å². The van der Waals surface area contributed by atoms with Crippen LogP contribution in [0.4, 0.5) is 0 Å². The Balaban J connectivity index is 1.95. The average Bonchev–Trinajstić information content (AvgIpc) is 2.81. The molecule has 3 atom stereocenters. The maximum absolute atomic E-state index is 12.8. The van der Waals surface area contributed by atoms with Gasteiger partial charge in [-0.2, -0.15) is 4.31 Å². The predicted molar refractivity (Wildman–Crippen MR) is 76.8 cm³/mol. The third kappa shape index (κ3) is 2.28. The molecule has 1 saturated heterocycles. The molecule has 0 aromatic heterocycles. The fourth-order valence-corrected chi connectivity index (χ4v) is 5.32. The van der Waals surface area contributed by atoms with Crippen molar-refractivity contribution < 1.29 is 13.5 Å². The second-order valence-corrected chi connectivity index (χ2v) is 7.86. The summed E-state index contributed by atoms with van der Waals surface area (Å²) in [5.74, 6) is 0.318. The molecule has 4 nitrogen and oxygen atoms in total. The van der Waals surface area contributed by atoms with Crippen LogP contribution in [0, 0.1) is 12.8 Å². The second kappa shape index (κ2) is 5.13. The lowest BCUT2D eigenvalue weighted by Crippen LogP contribution is -2.50. The summed E-state index contributed by atoms with van der Waals surface area (Å²) in [4.78, 5) is 0.336. The predicted octanol–water partition coefficient (Wildman–Crippen LogP) is 1.92. The van der Waals surface area contributed by atoms with Gasteiger partial charge in [-0.1, -0.05) is 17.7 Å². The molecule has 1 aliphatic carbocycles. The molecule has 2 fully saturated rings. The number of piperidine rings is 1. The second-order valence-electron chi connectivity index (χ2n) is 5.97. The minimum atomic E-state index is -3.49. The lowest BCUT2D eigenvalue weighted by molar-refractivity contribution is 0.0773. The van der Waals surface area contributed by atoms with E-state index in [0.717, 1.165) is 31.2 Å². The van der Waals surface area contributed by atoms with Crippen molar-refractivity contribution in [3.8, 4) is 0 Å². The van der Waals surface area contributed by atoms with Gasteiger partial charge in [-0.25, -0.2) is 8.42 Å².